The number of likely N-dealkylation sites (tertiary alicyclic amines) is 1. The van der Waals surface area contributed by atoms with Crippen LogP contribution in [-0.4, -0.2) is 38.8 Å². The zero-order valence-electron chi connectivity index (χ0n) is 11.4. The number of aromatic nitrogens is 2. The Morgan fingerprint density at radius 1 is 1.58 bits per heavy atom. The molecule has 1 aromatic heterocycles. The Morgan fingerprint density at radius 3 is 2.89 bits per heavy atom. The van der Waals surface area contributed by atoms with Gasteiger partial charge in [0.2, 0.25) is 0 Å². The van der Waals surface area contributed by atoms with Crippen LogP contribution in [-0.2, 0) is 24.8 Å². The molecule has 0 amide bonds. The molecule has 19 heavy (non-hydrogen) atoms. The summed E-state index contributed by atoms with van der Waals surface area (Å²) in [7, 11) is 1.96. The summed E-state index contributed by atoms with van der Waals surface area (Å²) in [5.74, 6) is -0.406. The van der Waals surface area contributed by atoms with Gasteiger partial charge in [-0.25, -0.2) is 0 Å². The minimum Gasteiger partial charge on any atom is -0.481 e. The first-order valence-corrected chi connectivity index (χ1v) is 7.45. The van der Waals surface area contributed by atoms with E-state index in [1.807, 2.05) is 11.7 Å². The Balaban J connectivity index is 1.99. The second-order valence-corrected chi connectivity index (χ2v) is 5.97. The fraction of sp³-hybridized carbons (Fsp3) is 0.692. The van der Waals surface area contributed by atoms with Crippen LogP contribution in [0.3, 0.4) is 0 Å². The number of carboxylic acid groups (broad SMARTS) is 1. The van der Waals surface area contributed by atoms with Gasteiger partial charge in [0, 0.05) is 26.6 Å². The number of carboxylic acids is 1. The largest absolute Gasteiger partial charge is 0.481 e. The van der Waals surface area contributed by atoms with Crippen LogP contribution in [0.1, 0.15) is 31.2 Å². The number of aryl methyl sites for hydroxylation is 2. The summed E-state index contributed by atoms with van der Waals surface area (Å²) in [5.41, 5.74) is 2.26. The third-order valence-corrected chi connectivity index (χ3v) is 4.62. The molecule has 2 rings (SSSR count). The number of carbonyl (C=O) groups is 1. The van der Waals surface area contributed by atoms with Gasteiger partial charge >= 0.3 is 5.97 Å². The fourth-order valence-electron chi connectivity index (χ4n) is 2.67. The highest BCUT2D eigenvalue weighted by Gasteiger charge is 2.26. The summed E-state index contributed by atoms with van der Waals surface area (Å²) in [5, 5.41) is 13.3. The number of halogens is 1. The first-order valence-electron chi connectivity index (χ1n) is 6.65. The summed E-state index contributed by atoms with van der Waals surface area (Å²) in [6.07, 6.45) is 2.17. The summed E-state index contributed by atoms with van der Waals surface area (Å²) >= 11 is 3.62. The summed E-state index contributed by atoms with van der Waals surface area (Å²) in [6, 6.07) is 0. The quantitative estimate of drug-likeness (QED) is 0.898. The second-order valence-electron chi connectivity index (χ2n) is 5.17. The number of nitrogens with zero attached hydrogens (tertiary/aromatic N) is 3. The van der Waals surface area contributed by atoms with Gasteiger partial charge in [0.05, 0.1) is 15.9 Å². The van der Waals surface area contributed by atoms with Gasteiger partial charge in [0.25, 0.3) is 0 Å². The molecule has 0 aliphatic carbocycles. The first kappa shape index (κ1) is 14.5. The van der Waals surface area contributed by atoms with Gasteiger partial charge in [0.1, 0.15) is 0 Å². The minimum atomic E-state index is -0.693. The van der Waals surface area contributed by atoms with Crippen LogP contribution < -0.4 is 0 Å². The van der Waals surface area contributed by atoms with Crippen molar-refractivity contribution < 1.29 is 9.90 Å². The van der Waals surface area contributed by atoms with Crippen LogP contribution in [0.2, 0.25) is 0 Å². The van der Waals surface area contributed by atoms with Gasteiger partial charge < -0.3 is 5.11 Å². The van der Waals surface area contributed by atoms with E-state index in [4.69, 9.17) is 5.11 Å². The molecule has 6 heteroatoms. The zero-order chi connectivity index (χ0) is 14.0. The van der Waals surface area contributed by atoms with Crippen molar-refractivity contribution in [2.24, 2.45) is 13.0 Å². The molecule has 0 spiro atoms. The first-order chi connectivity index (χ1) is 9.01. The van der Waals surface area contributed by atoms with Crippen LogP contribution in [0.5, 0.6) is 0 Å². The molecule has 1 aromatic rings. The van der Waals surface area contributed by atoms with E-state index >= 15 is 0 Å². The van der Waals surface area contributed by atoms with Gasteiger partial charge in [-0.1, -0.05) is 6.92 Å². The monoisotopic (exact) mass is 329 g/mol. The average Bonchev–Trinajstić information content (AvgIpc) is 2.88. The molecule has 0 bridgehead atoms. The third kappa shape index (κ3) is 3.36. The van der Waals surface area contributed by atoms with Gasteiger partial charge in [-0.15, -0.1) is 0 Å². The Bertz CT molecular complexity index is 473. The van der Waals surface area contributed by atoms with E-state index in [-0.39, 0.29) is 12.3 Å². The van der Waals surface area contributed by atoms with E-state index in [2.05, 4.69) is 32.9 Å². The molecule has 1 saturated heterocycles. The Hall–Kier alpha value is -0.880. The lowest BCUT2D eigenvalue weighted by molar-refractivity contribution is -0.138. The lowest BCUT2D eigenvalue weighted by atomic mass is 10.1. The van der Waals surface area contributed by atoms with E-state index < -0.39 is 5.97 Å². The Kier molecular flexibility index (Phi) is 4.62. The van der Waals surface area contributed by atoms with Gasteiger partial charge in [-0.05, 0) is 41.2 Å². The molecule has 0 radical (unpaired) electrons. The van der Waals surface area contributed by atoms with E-state index in [1.165, 1.54) is 5.69 Å². The SMILES string of the molecule is CCc1nn(C)c(CN2CCC(CC(=O)O)C2)c1Br. The van der Waals surface area contributed by atoms with Crippen molar-refractivity contribution in [3.05, 3.63) is 15.9 Å². The standard InChI is InChI=1S/C13H20BrN3O2/c1-3-10-13(14)11(16(2)15-10)8-17-5-4-9(7-17)6-12(18)19/h9H,3-8H2,1-2H3,(H,18,19). The van der Waals surface area contributed by atoms with Gasteiger partial charge in [0.15, 0.2) is 0 Å². The molecule has 0 saturated carbocycles. The summed E-state index contributed by atoms with van der Waals surface area (Å²) < 4.78 is 3.02. The van der Waals surface area contributed by atoms with Crippen molar-refractivity contribution in [1.82, 2.24) is 14.7 Å². The maximum atomic E-state index is 10.7. The molecule has 0 aromatic carbocycles. The molecule has 1 aliphatic rings. The van der Waals surface area contributed by atoms with Gasteiger partial charge in [-0.2, -0.15) is 5.10 Å². The Labute approximate surface area is 121 Å². The van der Waals surface area contributed by atoms with Crippen molar-refractivity contribution in [3.8, 4) is 0 Å². The lowest BCUT2D eigenvalue weighted by Gasteiger charge is -2.16. The highest BCUT2D eigenvalue weighted by atomic mass is 79.9. The van der Waals surface area contributed by atoms with E-state index in [1.54, 1.807) is 0 Å². The molecule has 106 valence electrons. The lowest BCUT2D eigenvalue weighted by Crippen LogP contribution is -2.22. The number of rotatable bonds is 5. The molecular weight excluding hydrogens is 310 g/mol. The number of aliphatic carboxylic acids is 1. The highest BCUT2D eigenvalue weighted by Crippen LogP contribution is 2.26. The van der Waals surface area contributed by atoms with Gasteiger partial charge in [-0.3, -0.25) is 14.4 Å². The molecule has 1 aliphatic heterocycles. The predicted molar refractivity (Wildman–Crippen MR) is 75.9 cm³/mol. The highest BCUT2D eigenvalue weighted by molar-refractivity contribution is 9.10. The van der Waals surface area contributed by atoms with Crippen molar-refractivity contribution in [2.75, 3.05) is 13.1 Å². The van der Waals surface area contributed by atoms with Crippen LogP contribution in [0.25, 0.3) is 0 Å². The van der Waals surface area contributed by atoms with Crippen LogP contribution in [0.4, 0.5) is 0 Å². The molecule has 5 nitrogen and oxygen atoms in total. The zero-order valence-corrected chi connectivity index (χ0v) is 13.0. The van der Waals surface area contributed by atoms with E-state index in [9.17, 15) is 4.79 Å². The maximum absolute atomic E-state index is 10.7. The van der Waals surface area contributed by atoms with Crippen LogP contribution in [0, 0.1) is 5.92 Å². The fourth-order valence-corrected chi connectivity index (χ4v) is 3.42. The normalized spacial score (nSPS) is 20.1. The minimum absolute atomic E-state index is 0.281. The van der Waals surface area contributed by atoms with Crippen molar-refractivity contribution in [2.45, 2.75) is 32.7 Å². The molecular formula is C13H20BrN3O2. The smallest absolute Gasteiger partial charge is 0.303 e. The third-order valence-electron chi connectivity index (χ3n) is 3.71. The topological polar surface area (TPSA) is 58.4 Å². The van der Waals surface area contributed by atoms with Crippen molar-refractivity contribution in [3.63, 3.8) is 0 Å². The summed E-state index contributed by atoms with van der Waals surface area (Å²) in [6.45, 7) is 4.76. The number of hydrogen-bond acceptors (Lipinski definition) is 3. The Morgan fingerprint density at radius 2 is 2.32 bits per heavy atom. The average molecular weight is 330 g/mol. The molecule has 1 fully saturated rings. The molecule has 1 unspecified atom stereocenters. The van der Waals surface area contributed by atoms with E-state index in [0.717, 1.165) is 42.6 Å². The van der Waals surface area contributed by atoms with Crippen LogP contribution >= 0.6 is 15.9 Å². The van der Waals surface area contributed by atoms with Crippen molar-refractivity contribution >= 4 is 21.9 Å². The number of hydrogen-bond donors (Lipinski definition) is 1. The van der Waals surface area contributed by atoms with E-state index in [0.29, 0.717) is 0 Å². The molecule has 1 atom stereocenters. The molecule has 2 heterocycles. The van der Waals surface area contributed by atoms with Crippen LogP contribution in [0.15, 0.2) is 4.47 Å². The summed E-state index contributed by atoms with van der Waals surface area (Å²) in [4.78, 5) is 13.0. The molecule has 1 N–H and O–H groups in total. The maximum Gasteiger partial charge on any atom is 0.303 e. The second kappa shape index (κ2) is 6.05. The predicted octanol–water partition coefficient (Wildman–Crippen LogP) is 2.04. The van der Waals surface area contributed by atoms with Crippen molar-refractivity contribution in [1.29, 1.82) is 0 Å².